The first-order valence-corrected chi connectivity index (χ1v) is 9.37. The maximum absolute atomic E-state index is 12.4. The van der Waals surface area contributed by atoms with Crippen LogP contribution < -0.4 is 0 Å². The van der Waals surface area contributed by atoms with Crippen molar-refractivity contribution >= 4 is 31.9 Å². The lowest BCUT2D eigenvalue weighted by atomic mass is 10.2. The van der Waals surface area contributed by atoms with Gasteiger partial charge in [-0.15, -0.1) is 0 Å². The van der Waals surface area contributed by atoms with E-state index in [-0.39, 0.29) is 16.5 Å². The molecule has 0 aliphatic carbocycles. The van der Waals surface area contributed by atoms with Crippen molar-refractivity contribution in [2.75, 3.05) is 26.2 Å². The second-order valence-electron chi connectivity index (χ2n) is 5.08. The first-order valence-electron chi connectivity index (χ1n) is 6.85. The fraction of sp³-hybridized carbons (Fsp3) is 0.500. The summed E-state index contributed by atoms with van der Waals surface area (Å²) in [5.41, 5.74) is 0.782. The van der Waals surface area contributed by atoms with Gasteiger partial charge >= 0.3 is 0 Å². The Morgan fingerprint density at radius 3 is 2.29 bits per heavy atom. The van der Waals surface area contributed by atoms with E-state index >= 15 is 0 Å². The van der Waals surface area contributed by atoms with Crippen LogP contribution in [0.1, 0.15) is 12.5 Å². The third-order valence-electron chi connectivity index (χ3n) is 3.48. The fourth-order valence-electron chi connectivity index (χ4n) is 2.31. The molecule has 116 valence electrons. The largest absolute Gasteiger partial charge is 0.339 e. The smallest absolute Gasteiger partial charge is 0.236 e. The van der Waals surface area contributed by atoms with Crippen molar-refractivity contribution in [2.45, 2.75) is 17.5 Å². The molecule has 0 saturated carbocycles. The number of carbonyl (C=O) groups is 1. The number of sulfonamides is 1. The second kappa shape index (κ2) is 6.89. The van der Waals surface area contributed by atoms with Crippen LogP contribution in [0.15, 0.2) is 30.3 Å². The summed E-state index contributed by atoms with van der Waals surface area (Å²) in [4.78, 5) is 13.3. The molecule has 7 heteroatoms. The van der Waals surface area contributed by atoms with Gasteiger partial charge in [0.2, 0.25) is 15.9 Å². The molecule has 1 aromatic carbocycles. The maximum atomic E-state index is 12.4. The van der Waals surface area contributed by atoms with Crippen LogP contribution in [0, 0.1) is 0 Å². The zero-order valence-electron chi connectivity index (χ0n) is 11.9. The highest BCUT2D eigenvalue weighted by molar-refractivity contribution is 9.10. The van der Waals surface area contributed by atoms with E-state index in [0.29, 0.717) is 26.2 Å². The van der Waals surface area contributed by atoms with Crippen LogP contribution in [-0.4, -0.2) is 54.5 Å². The highest BCUT2D eigenvalue weighted by Crippen LogP contribution is 2.15. The molecule has 5 nitrogen and oxygen atoms in total. The molecule has 1 atom stereocenters. The summed E-state index contributed by atoms with van der Waals surface area (Å²) < 4.78 is 26.2. The summed E-state index contributed by atoms with van der Waals surface area (Å²) >= 11 is 3.25. The van der Waals surface area contributed by atoms with Crippen molar-refractivity contribution < 1.29 is 13.2 Å². The second-order valence-corrected chi connectivity index (χ2v) is 8.42. The Labute approximate surface area is 134 Å². The summed E-state index contributed by atoms with van der Waals surface area (Å²) in [6, 6.07) is 9.15. The van der Waals surface area contributed by atoms with Crippen molar-refractivity contribution in [2.24, 2.45) is 0 Å². The van der Waals surface area contributed by atoms with Crippen LogP contribution >= 0.6 is 15.9 Å². The van der Waals surface area contributed by atoms with Gasteiger partial charge in [0.05, 0.1) is 10.6 Å². The van der Waals surface area contributed by atoms with Gasteiger partial charge in [-0.2, -0.15) is 4.31 Å². The summed E-state index contributed by atoms with van der Waals surface area (Å²) in [6.45, 7) is 3.40. The van der Waals surface area contributed by atoms with Crippen LogP contribution in [0.5, 0.6) is 0 Å². The SMILES string of the molecule is CC(Br)C(=O)N1CCN(S(=O)(=O)Cc2ccccc2)CC1. The molecule has 1 saturated heterocycles. The Kier molecular flexibility index (Phi) is 5.40. The lowest BCUT2D eigenvalue weighted by Crippen LogP contribution is -2.52. The monoisotopic (exact) mass is 374 g/mol. The predicted molar refractivity (Wildman–Crippen MR) is 85.6 cm³/mol. The van der Waals surface area contributed by atoms with Gasteiger partial charge in [0.1, 0.15) is 0 Å². The molecule has 1 heterocycles. The fourth-order valence-corrected chi connectivity index (χ4v) is 4.12. The number of halogens is 1. The highest BCUT2D eigenvalue weighted by Gasteiger charge is 2.29. The third-order valence-corrected chi connectivity index (χ3v) is 5.72. The quantitative estimate of drug-likeness (QED) is 0.749. The van der Waals surface area contributed by atoms with Gasteiger partial charge in [0, 0.05) is 26.2 Å². The molecule has 2 rings (SSSR count). The number of carbonyl (C=O) groups excluding carboxylic acids is 1. The minimum absolute atomic E-state index is 0.00936. The van der Waals surface area contributed by atoms with E-state index in [1.54, 1.807) is 11.8 Å². The van der Waals surface area contributed by atoms with Gasteiger partial charge in [-0.1, -0.05) is 46.3 Å². The van der Waals surface area contributed by atoms with E-state index in [9.17, 15) is 13.2 Å². The molecule has 0 N–H and O–H groups in total. The number of hydrogen-bond acceptors (Lipinski definition) is 3. The number of alkyl halides is 1. The molecule has 1 amide bonds. The third kappa shape index (κ3) is 4.28. The summed E-state index contributed by atoms with van der Waals surface area (Å²) in [5.74, 6) is 0.0199. The van der Waals surface area contributed by atoms with Crippen LogP contribution in [-0.2, 0) is 20.6 Å². The average Bonchev–Trinajstić information content (AvgIpc) is 2.47. The van der Waals surface area contributed by atoms with Gasteiger partial charge in [0.25, 0.3) is 0 Å². The van der Waals surface area contributed by atoms with Crippen LogP contribution in [0.4, 0.5) is 0 Å². The molecule has 1 aromatic rings. The number of amides is 1. The molecule has 0 spiro atoms. The molecule has 1 aliphatic rings. The van der Waals surface area contributed by atoms with E-state index < -0.39 is 10.0 Å². The van der Waals surface area contributed by atoms with Crippen molar-refractivity contribution in [3.05, 3.63) is 35.9 Å². The topological polar surface area (TPSA) is 57.7 Å². The molecule has 1 fully saturated rings. The first-order chi connectivity index (χ1) is 9.90. The highest BCUT2D eigenvalue weighted by atomic mass is 79.9. The minimum atomic E-state index is -3.32. The zero-order chi connectivity index (χ0) is 15.5. The molecule has 1 unspecified atom stereocenters. The number of rotatable bonds is 4. The molecular weight excluding hydrogens is 356 g/mol. The van der Waals surface area contributed by atoms with Crippen LogP contribution in [0.2, 0.25) is 0 Å². The first kappa shape index (κ1) is 16.5. The van der Waals surface area contributed by atoms with Crippen LogP contribution in [0.25, 0.3) is 0 Å². The van der Waals surface area contributed by atoms with E-state index in [4.69, 9.17) is 0 Å². The maximum Gasteiger partial charge on any atom is 0.236 e. The Morgan fingerprint density at radius 2 is 1.76 bits per heavy atom. The average molecular weight is 375 g/mol. The van der Waals surface area contributed by atoms with E-state index in [1.165, 1.54) is 4.31 Å². The number of benzene rings is 1. The van der Waals surface area contributed by atoms with Gasteiger partial charge in [-0.05, 0) is 12.5 Å². The van der Waals surface area contributed by atoms with E-state index in [0.717, 1.165) is 5.56 Å². The van der Waals surface area contributed by atoms with Crippen molar-refractivity contribution in [1.29, 1.82) is 0 Å². The predicted octanol–water partition coefficient (Wildman–Crippen LogP) is 1.44. The summed E-state index contributed by atoms with van der Waals surface area (Å²) in [5, 5.41) is 0. The zero-order valence-corrected chi connectivity index (χ0v) is 14.3. The molecule has 1 aliphatic heterocycles. The minimum Gasteiger partial charge on any atom is -0.339 e. The molecule has 21 heavy (non-hydrogen) atoms. The van der Waals surface area contributed by atoms with Gasteiger partial charge < -0.3 is 4.90 Å². The van der Waals surface area contributed by atoms with Crippen LogP contribution in [0.3, 0.4) is 0 Å². The Morgan fingerprint density at radius 1 is 1.19 bits per heavy atom. The van der Waals surface area contributed by atoms with Crippen molar-refractivity contribution in [1.82, 2.24) is 9.21 Å². The number of nitrogens with zero attached hydrogens (tertiary/aromatic N) is 2. The van der Waals surface area contributed by atoms with E-state index in [1.807, 2.05) is 30.3 Å². The van der Waals surface area contributed by atoms with Crippen molar-refractivity contribution in [3.63, 3.8) is 0 Å². The van der Waals surface area contributed by atoms with Gasteiger partial charge in [0.15, 0.2) is 0 Å². The molecule has 0 bridgehead atoms. The normalized spacial score (nSPS) is 18.5. The van der Waals surface area contributed by atoms with E-state index in [2.05, 4.69) is 15.9 Å². The Hall–Kier alpha value is -0.920. The lowest BCUT2D eigenvalue weighted by Gasteiger charge is -2.34. The number of piperazine rings is 1. The molecule has 0 aromatic heterocycles. The van der Waals surface area contributed by atoms with Crippen molar-refractivity contribution in [3.8, 4) is 0 Å². The molecule has 0 radical (unpaired) electrons. The standard InChI is InChI=1S/C14H19BrN2O3S/c1-12(15)14(18)16-7-9-17(10-8-16)21(19,20)11-13-5-3-2-4-6-13/h2-6,12H,7-11H2,1H3. The Bertz CT molecular complexity index is 581. The van der Waals surface area contributed by atoms with Gasteiger partial charge in [-0.3, -0.25) is 4.79 Å². The number of hydrogen-bond donors (Lipinski definition) is 0. The summed E-state index contributed by atoms with van der Waals surface area (Å²) in [7, 11) is -3.32. The Balaban J connectivity index is 1.96. The lowest BCUT2D eigenvalue weighted by molar-refractivity contribution is -0.131. The van der Waals surface area contributed by atoms with Gasteiger partial charge in [-0.25, -0.2) is 8.42 Å². The molecular formula is C14H19BrN2O3S. The summed E-state index contributed by atoms with van der Waals surface area (Å²) in [6.07, 6.45) is 0.